The van der Waals surface area contributed by atoms with Gasteiger partial charge >= 0.3 is 0 Å². The number of hydrogen-bond acceptors (Lipinski definition) is 5. The summed E-state index contributed by atoms with van der Waals surface area (Å²) in [7, 11) is 0. The molecule has 130 valence electrons. The van der Waals surface area contributed by atoms with Crippen molar-refractivity contribution in [1.82, 2.24) is 19.2 Å². The predicted octanol–water partition coefficient (Wildman–Crippen LogP) is 0.910. The molecule has 2 aromatic rings. The molecule has 24 heavy (non-hydrogen) atoms. The van der Waals surface area contributed by atoms with Crippen molar-refractivity contribution < 1.29 is 9.84 Å². The van der Waals surface area contributed by atoms with E-state index < -0.39 is 0 Å². The molecule has 0 radical (unpaired) electrons. The van der Waals surface area contributed by atoms with Crippen molar-refractivity contribution in [3.63, 3.8) is 0 Å². The van der Waals surface area contributed by atoms with Crippen LogP contribution in [0.2, 0.25) is 0 Å². The minimum absolute atomic E-state index is 0.170. The van der Waals surface area contributed by atoms with Crippen LogP contribution in [0.15, 0.2) is 24.5 Å². The van der Waals surface area contributed by atoms with Gasteiger partial charge in [0.2, 0.25) is 0 Å². The van der Waals surface area contributed by atoms with Gasteiger partial charge in [0.25, 0.3) is 0 Å². The lowest BCUT2D eigenvalue weighted by Crippen LogP contribution is -2.44. The van der Waals surface area contributed by atoms with Crippen molar-refractivity contribution in [2.24, 2.45) is 0 Å². The van der Waals surface area contributed by atoms with Gasteiger partial charge in [0.1, 0.15) is 5.65 Å². The number of aryl methyl sites for hydroxylation is 1. The summed E-state index contributed by atoms with van der Waals surface area (Å²) in [5.41, 5.74) is 3.38. The number of aromatic nitrogens is 2. The van der Waals surface area contributed by atoms with Gasteiger partial charge in [-0.15, -0.1) is 0 Å². The highest BCUT2D eigenvalue weighted by Gasteiger charge is 2.32. The summed E-state index contributed by atoms with van der Waals surface area (Å²) >= 11 is 0. The molecule has 0 bridgehead atoms. The van der Waals surface area contributed by atoms with Gasteiger partial charge in [0.05, 0.1) is 31.1 Å². The van der Waals surface area contributed by atoms with Crippen molar-refractivity contribution in [2.75, 3.05) is 39.4 Å². The van der Waals surface area contributed by atoms with Crippen LogP contribution < -0.4 is 0 Å². The Morgan fingerprint density at radius 1 is 1.17 bits per heavy atom. The van der Waals surface area contributed by atoms with Gasteiger partial charge in [0.15, 0.2) is 0 Å². The van der Waals surface area contributed by atoms with Gasteiger partial charge < -0.3 is 14.2 Å². The number of imidazole rings is 1. The van der Waals surface area contributed by atoms with Crippen LogP contribution in [0.25, 0.3) is 5.65 Å². The van der Waals surface area contributed by atoms with E-state index in [0.717, 1.165) is 50.5 Å². The van der Waals surface area contributed by atoms with Gasteiger partial charge in [-0.25, -0.2) is 4.98 Å². The zero-order chi connectivity index (χ0) is 16.5. The zero-order valence-electron chi connectivity index (χ0n) is 14.3. The molecule has 0 spiro atoms. The van der Waals surface area contributed by atoms with E-state index in [4.69, 9.17) is 9.72 Å². The minimum Gasteiger partial charge on any atom is -0.389 e. The molecule has 4 heterocycles. The standard InChI is InChI=1S/C18H26N4O2/c1-14-3-4-18-19-15(11-22(18)9-14)10-20-5-2-6-21(8-7-20)16-12-24-13-17(16)23/h3-4,9,11,16-17,23H,2,5-8,10,12-13H2,1H3/t16-,17-/m1/s1. The molecule has 2 aliphatic rings. The van der Waals surface area contributed by atoms with Crippen LogP contribution in [-0.4, -0.2) is 75.8 Å². The van der Waals surface area contributed by atoms with Gasteiger partial charge in [-0.05, 0) is 38.1 Å². The molecule has 0 saturated carbocycles. The fourth-order valence-electron chi connectivity index (χ4n) is 3.82. The molecule has 2 fully saturated rings. The summed E-state index contributed by atoms with van der Waals surface area (Å²) in [6, 6.07) is 4.35. The fraction of sp³-hybridized carbons (Fsp3) is 0.611. The van der Waals surface area contributed by atoms with Crippen LogP contribution in [-0.2, 0) is 11.3 Å². The first-order valence-corrected chi connectivity index (χ1v) is 8.85. The quantitative estimate of drug-likeness (QED) is 0.907. The molecule has 2 aliphatic heterocycles. The van der Waals surface area contributed by atoms with Crippen LogP contribution in [0.4, 0.5) is 0 Å². The number of aliphatic hydroxyl groups is 1. The first-order valence-electron chi connectivity index (χ1n) is 8.85. The van der Waals surface area contributed by atoms with Crippen molar-refractivity contribution in [2.45, 2.75) is 32.0 Å². The van der Waals surface area contributed by atoms with E-state index in [9.17, 15) is 5.11 Å². The van der Waals surface area contributed by atoms with Crippen LogP contribution >= 0.6 is 0 Å². The van der Waals surface area contributed by atoms with E-state index >= 15 is 0 Å². The van der Waals surface area contributed by atoms with E-state index in [2.05, 4.69) is 45.7 Å². The average Bonchev–Trinajstić information content (AvgIpc) is 3.08. The molecule has 2 saturated heterocycles. The lowest BCUT2D eigenvalue weighted by atomic mass is 10.2. The van der Waals surface area contributed by atoms with Gasteiger partial charge in [-0.2, -0.15) is 0 Å². The molecule has 4 rings (SSSR count). The van der Waals surface area contributed by atoms with E-state index in [1.54, 1.807) is 0 Å². The highest BCUT2D eigenvalue weighted by Crippen LogP contribution is 2.17. The summed E-state index contributed by atoms with van der Waals surface area (Å²) in [4.78, 5) is 9.60. The fourth-order valence-corrected chi connectivity index (χ4v) is 3.82. The third-order valence-corrected chi connectivity index (χ3v) is 5.15. The molecule has 1 N–H and O–H groups in total. The van der Waals surface area contributed by atoms with Gasteiger partial charge in [-0.1, -0.05) is 6.07 Å². The monoisotopic (exact) mass is 330 g/mol. The minimum atomic E-state index is -0.335. The maximum atomic E-state index is 10.0. The lowest BCUT2D eigenvalue weighted by molar-refractivity contribution is 0.0837. The number of hydrogen-bond donors (Lipinski definition) is 1. The molecule has 0 aliphatic carbocycles. The number of ether oxygens (including phenoxy) is 1. The summed E-state index contributed by atoms with van der Waals surface area (Å²) in [6.45, 7) is 8.23. The number of nitrogens with zero attached hydrogens (tertiary/aromatic N) is 4. The summed E-state index contributed by atoms with van der Waals surface area (Å²) in [5, 5.41) is 10.0. The van der Waals surface area contributed by atoms with Gasteiger partial charge in [-0.3, -0.25) is 9.80 Å². The van der Waals surface area contributed by atoms with E-state index in [1.165, 1.54) is 5.56 Å². The Kier molecular flexibility index (Phi) is 4.54. The van der Waals surface area contributed by atoms with Gasteiger partial charge in [0, 0.05) is 32.0 Å². The predicted molar refractivity (Wildman–Crippen MR) is 92.0 cm³/mol. The van der Waals surface area contributed by atoms with Crippen LogP contribution in [0.5, 0.6) is 0 Å². The van der Waals surface area contributed by atoms with Crippen molar-refractivity contribution in [1.29, 1.82) is 0 Å². The number of aliphatic hydroxyl groups excluding tert-OH is 1. The second-order valence-electron chi connectivity index (χ2n) is 7.04. The highest BCUT2D eigenvalue weighted by molar-refractivity contribution is 5.41. The van der Waals surface area contributed by atoms with Crippen LogP contribution in [0, 0.1) is 6.92 Å². The van der Waals surface area contributed by atoms with Crippen LogP contribution in [0.3, 0.4) is 0 Å². The van der Waals surface area contributed by atoms with E-state index in [1.807, 2.05) is 0 Å². The largest absolute Gasteiger partial charge is 0.389 e. The molecule has 2 aromatic heterocycles. The summed E-state index contributed by atoms with van der Waals surface area (Å²) in [6.07, 6.45) is 5.05. The summed E-state index contributed by atoms with van der Waals surface area (Å²) in [5.74, 6) is 0. The lowest BCUT2D eigenvalue weighted by Gasteiger charge is -2.28. The van der Waals surface area contributed by atoms with Crippen LogP contribution in [0.1, 0.15) is 17.7 Å². The third kappa shape index (κ3) is 3.32. The maximum Gasteiger partial charge on any atom is 0.137 e. The SMILES string of the molecule is Cc1ccc2nc(CN3CCCN([C@@H]4COC[C@H]4O)CC3)cn2c1. The summed E-state index contributed by atoms with van der Waals surface area (Å²) < 4.78 is 7.52. The maximum absolute atomic E-state index is 10.0. The molecule has 6 heteroatoms. The molecular weight excluding hydrogens is 304 g/mol. The normalized spacial score (nSPS) is 26.9. The Hall–Kier alpha value is -1.47. The molecular formula is C18H26N4O2. The number of fused-ring (bicyclic) bond motifs is 1. The molecule has 0 aromatic carbocycles. The van der Waals surface area contributed by atoms with Crippen molar-refractivity contribution >= 4 is 5.65 Å². The van der Waals surface area contributed by atoms with E-state index in [0.29, 0.717) is 13.2 Å². The Balaban J connectivity index is 1.39. The second-order valence-corrected chi connectivity index (χ2v) is 7.04. The first kappa shape index (κ1) is 16.0. The second kappa shape index (κ2) is 6.80. The van der Waals surface area contributed by atoms with Crippen molar-refractivity contribution in [3.8, 4) is 0 Å². The Morgan fingerprint density at radius 3 is 2.92 bits per heavy atom. The molecule has 0 amide bonds. The molecule has 2 atom stereocenters. The third-order valence-electron chi connectivity index (χ3n) is 5.15. The molecule has 6 nitrogen and oxygen atoms in total. The highest BCUT2D eigenvalue weighted by atomic mass is 16.5. The average molecular weight is 330 g/mol. The molecule has 0 unspecified atom stereocenters. The Labute approximate surface area is 142 Å². The zero-order valence-corrected chi connectivity index (χ0v) is 14.3. The Bertz CT molecular complexity index is 701. The number of pyridine rings is 1. The topological polar surface area (TPSA) is 53.2 Å². The first-order chi connectivity index (χ1) is 11.7. The van der Waals surface area contributed by atoms with E-state index in [-0.39, 0.29) is 12.1 Å². The smallest absolute Gasteiger partial charge is 0.137 e. The number of rotatable bonds is 3. The Morgan fingerprint density at radius 2 is 2.08 bits per heavy atom. The van der Waals surface area contributed by atoms with Crippen molar-refractivity contribution in [3.05, 3.63) is 35.8 Å².